The number of likely N-dealkylation sites (N-methyl/N-ethyl adjacent to an activating group) is 1. The van der Waals surface area contributed by atoms with Crippen molar-refractivity contribution in [3.63, 3.8) is 0 Å². The van der Waals surface area contributed by atoms with Crippen molar-refractivity contribution in [3.05, 3.63) is 77.9 Å². The lowest BCUT2D eigenvalue weighted by Crippen LogP contribution is -2.48. The third-order valence-electron chi connectivity index (χ3n) is 7.07. The van der Waals surface area contributed by atoms with E-state index in [1.807, 2.05) is 58.9 Å². The van der Waals surface area contributed by atoms with Crippen molar-refractivity contribution in [3.8, 4) is 5.75 Å². The highest BCUT2D eigenvalue weighted by molar-refractivity contribution is 5.94. The molecule has 36 heavy (non-hydrogen) atoms. The quantitative estimate of drug-likeness (QED) is 0.459. The molecule has 3 aromatic rings. The number of nitrogens with zero attached hydrogens (tertiary/aromatic N) is 5. The fraction of sp³-hybridized carbons (Fsp3) is 0.429. The van der Waals surface area contributed by atoms with E-state index in [-0.39, 0.29) is 23.8 Å². The van der Waals surface area contributed by atoms with E-state index >= 15 is 0 Å². The van der Waals surface area contributed by atoms with Crippen LogP contribution in [0.1, 0.15) is 40.9 Å². The number of pyridine rings is 1. The lowest BCUT2D eigenvalue weighted by molar-refractivity contribution is -0.133. The summed E-state index contributed by atoms with van der Waals surface area (Å²) in [7, 11) is 3.54. The number of carbonyl (C=O) groups is 2. The molecule has 3 heterocycles. The second kappa shape index (κ2) is 11.8. The van der Waals surface area contributed by atoms with Crippen LogP contribution in [0.15, 0.2) is 61.1 Å². The number of hydrogen-bond donors (Lipinski definition) is 0. The van der Waals surface area contributed by atoms with Crippen LogP contribution in [0.3, 0.4) is 0 Å². The van der Waals surface area contributed by atoms with Crippen LogP contribution in [0.5, 0.6) is 5.75 Å². The maximum Gasteiger partial charge on any atom is 0.255 e. The Bertz CT molecular complexity index is 1150. The Morgan fingerprint density at radius 2 is 1.97 bits per heavy atom. The highest BCUT2D eigenvalue weighted by atomic mass is 16.5. The number of aromatic nitrogens is 3. The van der Waals surface area contributed by atoms with E-state index in [4.69, 9.17) is 4.74 Å². The zero-order valence-corrected chi connectivity index (χ0v) is 21.3. The number of likely N-dealkylation sites (tertiary alicyclic amines) is 1. The predicted octanol–water partition coefficient (Wildman–Crippen LogP) is 3.61. The summed E-state index contributed by atoms with van der Waals surface area (Å²) in [5, 5.41) is 4.37. The molecule has 0 radical (unpaired) electrons. The number of benzene rings is 1. The number of aryl methyl sites for hydroxylation is 2. The summed E-state index contributed by atoms with van der Waals surface area (Å²) in [6, 6.07) is 13.5. The van der Waals surface area contributed by atoms with Crippen molar-refractivity contribution in [2.75, 3.05) is 27.2 Å². The van der Waals surface area contributed by atoms with Gasteiger partial charge in [-0.1, -0.05) is 12.1 Å². The normalized spacial score (nSPS) is 14.9. The summed E-state index contributed by atoms with van der Waals surface area (Å²) in [6.45, 7) is 3.94. The maximum absolute atomic E-state index is 13.3. The summed E-state index contributed by atoms with van der Waals surface area (Å²) in [4.78, 5) is 34.1. The topological polar surface area (TPSA) is 80.6 Å². The van der Waals surface area contributed by atoms with E-state index in [9.17, 15) is 9.59 Å². The highest BCUT2D eigenvalue weighted by Crippen LogP contribution is 2.28. The van der Waals surface area contributed by atoms with Gasteiger partial charge in [0.1, 0.15) is 5.75 Å². The lowest BCUT2D eigenvalue weighted by atomic mass is 9.84. The van der Waals surface area contributed by atoms with Crippen molar-refractivity contribution in [2.45, 2.75) is 45.2 Å². The number of hydrogen-bond acceptors (Lipinski definition) is 5. The molecule has 8 heteroatoms. The molecule has 1 saturated heterocycles. The average Bonchev–Trinajstić information content (AvgIpc) is 3.35. The SMILES string of the molecule is COc1cccc(CC(C2CCN(C(=O)CCn3ccc(C)n3)CC2)N(C)C(=O)c2cccnc2)c1. The molecule has 0 spiro atoms. The van der Waals surface area contributed by atoms with Gasteiger partial charge in [-0.25, -0.2) is 0 Å². The maximum atomic E-state index is 13.3. The number of piperidine rings is 1. The van der Waals surface area contributed by atoms with Gasteiger partial charge in [0.05, 0.1) is 18.4 Å². The molecule has 190 valence electrons. The van der Waals surface area contributed by atoms with Crippen LogP contribution in [0.4, 0.5) is 0 Å². The van der Waals surface area contributed by atoms with Gasteiger partial charge in [0, 0.05) is 57.7 Å². The minimum Gasteiger partial charge on any atom is -0.497 e. The van der Waals surface area contributed by atoms with E-state index < -0.39 is 0 Å². The van der Waals surface area contributed by atoms with E-state index in [2.05, 4.69) is 16.1 Å². The third-order valence-corrected chi connectivity index (χ3v) is 7.07. The fourth-order valence-electron chi connectivity index (χ4n) is 4.99. The molecule has 0 N–H and O–H groups in total. The summed E-state index contributed by atoms with van der Waals surface area (Å²) in [5.74, 6) is 1.20. The third kappa shape index (κ3) is 6.30. The Morgan fingerprint density at radius 3 is 2.64 bits per heavy atom. The highest BCUT2D eigenvalue weighted by Gasteiger charge is 2.33. The smallest absolute Gasteiger partial charge is 0.255 e. The van der Waals surface area contributed by atoms with Crippen LogP contribution in [0.2, 0.25) is 0 Å². The Labute approximate surface area is 212 Å². The first kappa shape index (κ1) is 25.4. The van der Waals surface area contributed by atoms with Crippen molar-refractivity contribution >= 4 is 11.8 Å². The summed E-state index contributed by atoms with van der Waals surface area (Å²) >= 11 is 0. The summed E-state index contributed by atoms with van der Waals surface area (Å²) in [6.07, 6.45) is 8.06. The molecule has 0 bridgehead atoms. The molecule has 1 aliphatic rings. The molecule has 0 saturated carbocycles. The molecular formula is C28H35N5O3. The van der Waals surface area contributed by atoms with Gasteiger partial charge in [0.25, 0.3) is 5.91 Å². The number of ether oxygens (including phenoxy) is 1. The zero-order chi connectivity index (χ0) is 25.5. The Hall–Kier alpha value is -3.68. The number of methoxy groups -OCH3 is 1. The van der Waals surface area contributed by atoms with Gasteiger partial charge in [0.15, 0.2) is 0 Å². The van der Waals surface area contributed by atoms with Gasteiger partial charge < -0.3 is 14.5 Å². The Kier molecular flexibility index (Phi) is 8.36. The van der Waals surface area contributed by atoms with Gasteiger partial charge >= 0.3 is 0 Å². The molecule has 4 rings (SSSR count). The second-order valence-corrected chi connectivity index (χ2v) is 9.47. The zero-order valence-electron chi connectivity index (χ0n) is 21.3. The monoisotopic (exact) mass is 489 g/mol. The second-order valence-electron chi connectivity index (χ2n) is 9.47. The predicted molar refractivity (Wildman–Crippen MR) is 138 cm³/mol. The van der Waals surface area contributed by atoms with Crippen molar-refractivity contribution < 1.29 is 14.3 Å². The van der Waals surface area contributed by atoms with Crippen LogP contribution < -0.4 is 4.74 Å². The minimum absolute atomic E-state index is 0.00545. The van der Waals surface area contributed by atoms with Crippen LogP contribution >= 0.6 is 0 Å². The number of amides is 2. The molecule has 2 aromatic heterocycles. The number of carbonyl (C=O) groups excluding carboxylic acids is 2. The lowest BCUT2D eigenvalue weighted by Gasteiger charge is -2.40. The minimum atomic E-state index is -0.0379. The van der Waals surface area contributed by atoms with E-state index in [1.54, 1.807) is 31.6 Å². The van der Waals surface area contributed by atoms with Crippen LogP contribution in [-0.4, -0.2) is 69.7 Å². The van der Waals surface area contributed by atoms with Crippen LogP contribution in [0.25, 0.3) is 0 Å². The molecule has 1 fully saturated rings. The summed E-state index contributed by atoms with van der Waals surface area (Å²) < 4.78 is 7.24. The number of rotatable bonds is 9. The average molecular weight is 490 g/mol. The largest absolute Gasteiger partial charge is 0.497 e. The first-order valence-corrected chi connectivity index (χ1v) is 12.5. The van der Waals surface area contributed by atoms with Crippen molar-refractivity contribution in [2.24, 2.45) is 5.92 Å². The first-order chi connectivity index (χ1) is 17.4. The van der Waals surface area contributed by atoms with Crippen LogP contribution in [0, 0.1) is 12.8 Å². The molecule has 1 unspecified atom stereocenters. The van der Waals surface area contributed by atoms with Gasteiger partial charge in [-0.2, -0.15) is 5.10 Å². The van der Waals surface area contributed by atoms with E-state index in [0.29, 0.717) is 31.6 Å². The van der Waals surface area contributed by atoms with Crippen LogP contribution in [-0.2, 0) is 17.8 Å². The fourth-order valence-corrected chi connectivity index (χ4v) is 4.99. The van der Waals surface area contributed by atoms with E-state index in [1.165, 1.54) is 0 Å². The molecule has 1 atom stereocenters. The molecule has 0 aliphatic carbocycles. The van der Waals surface area contributed by atoms with Gasteiger partial charge in [-0.05, 0) is 68.0 Å². The Morgan fingerprint density at radius 1 is 1.17 bits per heavy atom. The first-order valence-electron chi connectivity index (χ1n) is 12.5. The molecule has 1 aliphatic heterocycles. The summed E-state index contributed by atoms with van der Waals surface area (Å²) in [5.41, 5.74) is 2.66. The van der Waals surface area contributed by atoms with Gasteiger partial charge in [0.2, 0.25) is 5.91 Å². The van der Waals surface area contributed by atoms with Gasteiger partial charge in [-0.3, -0.25) is 19.3 Å². The molecular weight excluding hydrogens is 454 g/mol. The molecule has 2 amide bonds. The Balaban J connectivity index is 1.43. The molecule has 1 aromatic carbocycles. The van der Waals surface area contributed by atoms with E-state index in [0.717, 1.165) is 36.3 Å². The van der Waals surface area contributed by atoms with Crippen molar-refractivity contribution in [1.82, 2.24) is 24.6 Å². The standard InChI is InChI=1S/C28H35N5O3/c1-21-9-16-33(30-21)17-12-27(34)32-14-10-23(11-15-32)26(19-22-6-4-8-25(18-22)36-3)31(2)28(35)24-7-5-13-29-20-24/h4-9,13,16,18,20,23,26H,10-12,14-15,17,19H2,1-3H3. The van der Waals surface area contributed by atoms with Gasteiger partial charge in [-0.15, -0.1) is 0 Å². The van der Waals surface area contributed by atoms with Crippen molar-refractivity contribution in [1.29, 1.82) is 0 Å². The molecule has 8 nitrogen and oxygen atoms in total.